The minimum atomic E-state index is -0.170. The minimum absolute atomic E-state index is 0.170. The standard InChI is InChI=1S/C21H27N5O/c22-21-23-19(10-20(27)24-21)25-11-14-9-16(13-25)18-8-4-7-17(26(18)12-14)15-5-2-1-3-6-15/h1-3,5-6,10,14,16-18H,4,7-9,11-13H2,(H3,22,23,24,27)/t14-,16+,17+,18-/m0/s1. The number of rotatable bonds is 2. The number of piperidine rings is 3. The van der Waals surface area contributed by atoms with Gasteiger partial charge in [0.05, 0.1) is 0 Å². The Morgan fingerprint density at radius 2 is 1.96 bits per heavy atom. The number of nitrogens with two attached hydrogens (primary N) is 1. The fourth-order valence-corrected chi connectivity index (χ4v) is 5.65. The van der Waals surface area contributed by atoms with E-state index in [0.717, 1.165) is 25.5 Å². The fourth-order valence-electron chi connectivity index (χ4n) is 5.65. The molecule has 6 heteroatoms. The van der Waals surface area contributed by atoms with Crippen molar-refractivity contribution in [1.82, 2.24) is 14.9 Å². The summed E-state index contributed by atoms with van der Waals surface area (Å²) < 4.78 is 0. The van der Waals surface area contributed by atoms with Crippen LogP contribution >= 0.6 is 0 Å². The first kappa shape index (κ1) is 16.8. The molecule has 6 nitrogen and oxygen atoms in total. The molecule has 27 heavy (non-hydrogen) atoms. The number of anilines is 2. The summed E-state index contributed by atoms with van der Waals surface area (Å²) in [5, 5.41) is 0. The monoisotopic (exact) mass is 365 g/mol. The Bertz CT molecular complexity index is 866. The van der Waals surface area contributed by atoms with Gasteiger partial charge in [0.15, 0.2) is 0 Å². The largest absolute Gasteiger partial charge is 0.369 e. The first-order valence-electron chi connectivity index (χ1n) is 10.1. The molecule has 0 radical (unpaired) electrons. The van der Waals surface area contributed by atoms with Gasteiger partial charge in [0.1, 0.15) is 5.82 Å². The van der Waals surface area contributed by atoms with Crippen LogP contribution in [-0.4, -0.2) is 40.5 Å². The van der Waals surface area contributed by atoms with E-state index in [9.17, 15) is 4.79 Å². The van der Waals surface area contributed by atoms with E-state index in [-0.39, 0.29) is 11.5 Å². The van der Waals surface area contributed by atoms with E-state index in [1.165, 1.54) is 31.2 Å². The zero-order valence-corrected chi connectivity index (χ0v) is 15.6. The summed E-state index contributed by atoms with van der Waals surface area (Å²) >= 11 is 0. The molecule has 1 aromatic carbocycles. The summed E-state index contributed by atoms with van der Waals surface area (Å²) in [6.07, 6.45) is 5.12. The second-order valence-corrected chi connectivity index (χ2v) is 8.38. The lowest BCUT2D eigenvalue weighted by atomic mass is 9.74. The van der Waals surface area contributed by atoms with Crippen LogP contribution < -0.4 is 16.2 Å². The van der Waals surface area contributed by atoms with Gasteiger partial charge in [0.2, 0.25) is 5.95 Å². The zero-order chi connectivity index (χ0) is 18.4. The van der Waals surface area contributed by atoms with Gasteiger partial charge in [-0.3, -0.25) is 14.7 Å². The third-order valence-corrected chi connectivity index (χ3v) is 6.64. The average Bonchev–Trinajstić information content (AvgIpc) is 2.67. The molecule has 3 aliphatic rings. The molecule has 0 unspecified atom stereocenters. The van der Waals surface area contributed by atoms with Crippen molar-refractivity contribution in [3.05, 3.63) is 52.3 Å². The molecule has 3 N–H and O–H groups in total. The second-order valence-electron chi connectivity index (χ2n) is 8.38. The molecule has 3 aliphatic heterocycles. The van der Waals surface area contributed by atoms with Crippen molar-refractivity contribution in [3.8, 4) is 0 Å². The number of nitrogen functional groups attached to an aromatic ring is 1. The molecule has 0 spiro atoms. The lowest BCUT2D eigenvalue weighted by molar-refractivity contribution is -0.0200. The van der Waals surface area contributed by atoms with Crippen LogP contribution in [-0.2, 0) is 0 Å². The van der Waals surface area contributed by atoms with Crippen LogP contribution in [0.25, 0.3) is 0 Å². The first-order valence-corrected chi connectivity index (χ1v) is 10.1. The summed E-state index contributed by atoms with van der Waals surface area (Å²) in [7, 11) is 0. The van der Waals surface area contributed by atoms with E-state index in [1.54, 1.807) is 6.07 Å². The van der Waals surface area contributed by atoms with Crippen molar-refractivity contribution in [2.45, 2.75) is 37.8 Å². The quantitative estimate of drug-likeness (QED) is 0.854. The number of nitrogens with zero attached hydrogens (tertiary/aromatic N) is 3. The molecule has 4 heterocycles. The fraction of sp³-hybridized carbons (Fsp3) is 0.524. The van der Waals surface area contributed by atoms with Gasteiger partial charge in [0.25, 0.3) is 5.56 Å². The highest BCUT2D eigenvalue weighted by molar-refractivity contribution is 5.42. The first-order chi connectivity index (χ1) is 13.2. The molecule has 4 atom stereocenters. The third-order valence-electron chi connectivity index (χ3n) is 6.64. The number of nitrogens with one attached hydrogen (secondary N) is 1. The molecule has 2 aromatic rings. The third kappa shape index (κ3) is 3.12. The lowest BCUT2D eigenvalue weighted by Crippen LogP contribution is -2.59. The lowest BCUT2D eigenvalue weighted by Gasteiger charge is -2.55. The smallest absolute Gasteiger partial charge is 0.254 e. The minimum Gasteiger partial charge on any atom is -0.369 e. The van der Waals surface area contributed by atoms with Crippen molar-refractivity contribution in [3.63, 3.8) is 0 Å². The highest BCUT2D eigenvalue weighted by atomic mass is 16.1. The predicted molar refractivity (Wildman–Crippen MR) is 107 cm³/mol. The van der Waals surface area contributed by atoms with E-state index in [2.05, 4.69) is 50.1 Å². The maximum absolute atomic E-state index is 11.8. The molecule has 3 fully saturated rings. The molecular weight excluding hydrogens is 338 g/mol. The molecule has 3 saturated heterocycles. The highest BCUT2D eigenvalue weighted by Crippen LogP contribution is 2.44. The second kappa shape index (κ2) is 6.68. The van der Waals surface area contributed by atoms with Gasteiger partial charge in [0, 0.05) is 37.8 Å². The van der Waals surface area contributed by atoms with E-state index in [4.69, 9.17) is 5.73 Å². The van der Waals surface area contributed by atoms with Crippen molar-refractivity contribution < 1.29 is 0 Å². The Hall–Kier alpha value is -2.34. The molecule has 0 amide bonds. The molecule has 0 aliphatic carbocycles. The van der Waals surface area contributed by atoms with Gasteiger partial charge in [-0.1, -0.05) is 30.3 Å². The molecular formula is C21H27N5O. The SMILES string of the molecule is Nc1nc(N2C[C@@H]3C[C@H](C2)[C@@H]2CCC[C@H](c4ccccc4)N2C3)cc(=O)[nH]1. The summed E-state index contributed by atoms with van der Waals surface area (Å²) in [5.74, 6) is 2.18. The van der Waals surface area contributed by atoms with Crippen LogP contribution in [0.4, 0.5) is 11.8 Å². The van der Waals surface area contributed by atoms with E-state index in [1.807, 2.05) is 0 Å². The van der Waals surface area contributed by atoms with E-state index in [0.29, 0.717) is 23.9 Å². The van der Waals surface area contributed by atoms with Gasteiger partial charge in [-0.15, -0.1) is 0 Å². The zero-order valence-electron chi connectivity index (χ0n) is 15.6. The predicted octanol–water partition coefficient (Wildman–Crippen LogP) is 2.40. The number of fused-ring (bicyclic) bond motifs is 4. The number of hydrogen-bond donors (Lipinski definition) is 2. The number of aromatic nitrogens is 2. The van der Waals surface area contributed by atoms with Gasteiger partial charge in [-0.2, -0.15) is 4.98 Å². The van der Waals surface area contributed by atoms with Crippen LogP contribution in [0.15, 0.2) is 41.2 Å². The highest BCUT2D eigenvalue weighted by Gasteiger charge is 2.45. The number of benzene rings is 1. The van der Waals surface area contributed by atoms with Gasteiger partial charge >= 0.3 is 0 Å². The topological polar surface area (TPSA) is 78.2 Å². The Morgan fingerprint density at radius 3 is 2.78 bits per heavy atom. The van der Waals surface area contributed by atoms with Crippen LogP contribution in [0, 0.1) is 11.8 Å². The summed E-state index contributed by atoms with van der Waals surface area (Å²) in [6.45, 7) is 3.06. The van der Waals surface area contributed by atoms with Crippen LogP contribution in [0.2, 0.25) is 0 Å². The number of H-pyrrole nitrogens is 1. The van der Waals surface area contributed by atoms with Crippen LogP contribution in [0.1, 0.15) is 37.3 Å². The Morgan fingerprint density at radius 1 is 1.11 bits per heavy atom. The normalized spacial score (nSPS) is 30.7. The van der Waals surface area contributed by atoms with E-state index >= 15 is 0 Å². The maximum atomic E-state index is 11.8. The molecule has 0 saturated carbocycles. The molecule has 2 bridgehead atoms. The number of hydrogen-bond acceptors (Lipinski definition) is 5. The Kier molecular flexibility index (Phi) is 4.16. The number of aromatic amines is 1. The van der Waals surface area contributed by atoms with Crippen molar-refractivity contribution in [2.75, 3.05) is 30.3 Å². The van der Waals surface area contributed by atoms with Gasteiger partial charge < -0.3 is 10.6 Å². The van der Waals surface area contributed by atoms with Crippen molar-refractivity contribution in [1.29, 1.82) is 0 Å². The summed E-state index contributed by atoms with van der Waals surface area (Å²) in [4.78, 5) is 23.8. The Labute approximate surface area is 159 Å². The molecule has 5 rings (SSSR count). The van der Waals surface area contributed by atoms with Gasteiger partial charge in [-0.25, -0.2) is 0 Å². The summed E-state index contributed by atoms with van der Waals surface area (Å²) in [5.41, 5.74) is 7.06. The van der Waals surface area contributed by atoms with Crippen molar-refractivity contribution >= 4 is 11.8 Å². The summed E-state index contributed by atoms with van der Waals surface area (Å²) in [6, 6.07) is 13.8. The van der Waals surface area contributed by atoms with Gasteiger partial charge in [-0.05, 0) is 43.1 Å². The van der Waals surface area contributed by atoms with Crippen LogP contribution in [0.3, 0.4) is 0 Å². The Balaban J connectivity index is 1.40. The van der Waals surface area contributed by atoms with Crippen molar-refractivity contribution in [2.24, 2.45) is 11.8 Å². The molecule has 142 valence electrons. The van der Waals surface area contributed by atoms with Crippen LogP contribution in [0.5, 0.6) is 0 Å². The van der Waals surface area contributed by atoms with E-state index < -0.39 is 0 Å². The maximum Gasteiger partial charge on any atom is 0.254 e. The molecule has 1 aromatic heterocycles. The average molecular weight is 365 g/mol.